The number of nitrogens with two attached hydrogens (primary N) is 1. The molecule has 0 aliphatic heterocycles. The van der Waals surface area contributed by atoms with Gasteiger partial charge in [0.25, 0.3) is 0 Å². The Morgan fingerprint density at radius 2 is 2.00 bits per heavy atom. The number of ether oxygens (including phenoxy) is 1. The molecule has 0 amide bonds. The summed E-state index contributed by atoms with van der Waals surface area (Å²) in [7, 11) is 1.69. The van der Waals surface area contributed by atoms with E-state index in [4.69, 9.17) is 10.5 Å². The smallest absolute Gasteiger partial charge is 0.123 e. The van der Waals surface area contributed by atoms with Crippen LogP contribution in [0.2, 0.25) is 0 Å². The second-order valence-corrected chi connectivity index (χ2v) is 3.61. The lowest BCUT2D eigenvalue weighted by atomic mass is 10.0. The van der Waals surface area contributed by atoms with Crippen molar-refractivity contribution in [2.24, 2.45) is 11.7 Å². The molecule has 14 heavy (non-hydrogen) atoms. The summed E-state index contributed by atoms with van der Waals surface area (Å²) < 4.78 is 5.26. The molecule has 0 spiro atoms. The van der Waals surface area contributed by atoms with Crippen molar-refractivity contribution < 1.29 is 4.74 Å². The number of benzene rings is 1. The maximum Gasteiger partial charge on any atom is 0.123 e. The summed E-state index contributed by atoms with van der Waals surface area (Å²) in [5.74, 6) is 1.60. The molecule has 0 heterocycles. The molecule has 2 nitrogen and oxygen atoms in total. The van der Waals surface area contributed by atoms with Gasteiger partial charge < -0.3 is 10.5 Å². The van der Waals surface area contributed by atoms with Crippen molar-refractivity contribution in [1.82, 2.24) is 0 Å². The monoisotopic (exact) mass is 213 g/mol. The first-order valence-corrected chi connectivity index (χ1v) is 4.71. The second kappa shape index (κ2) is 4.67. The highest BCUT2D eigenvalue weighted by molar-refractivity contribution is 5.85. The quantitative estimate of drug-likeness (QED) is 0.838. The zero-order chi connectivity index (χ0) is 9.26. The molecule has 1 unspecified atom stereocenters. The Hall–Kier alpha value is -0.730. The first kappa shape index (κ1) is 11.3. The summed E-state index contributed by atoms with van der Waals surface area (Å²) in [5, 5.41) is 0. The second-order valence-electron chi connectivity index (χ2n) is 3.61. The molecule has 2 N–H and O–H groups in total. The van der Waals surface area contributed by atoms with Gasteiger partial charge in [-0.25, -0.2) is 0 Å². The van der Waals surface area contributed by atoms with E-state index in [2.05, 4.69) is 6.07 Å². The van der Waals surface area contributed by atoms with Crippen LogP contribution < -0.4 is 10.5 Å². The molecule has 1 fully saturated rings. The van der Waals surface area contributed by atoms with E-state index in [9.17, 15) is 0 Å². The highest BCUT2D eigenvalue weighted by Crippen LogP contribution is 2.41. The third-order valence-electron chi connectivity index (χ3n) is 2.63. The summed E-state index contributed by atoms with van der Waals surface area (Å²) in [5.41, 5.74) is 7.24. The Morgan fingerprint density at radius 3 is 2.57 bits per heavy atom. The molecule has 1 aliphatic carbocycles. The van der Waals surface area contributed by atoms with Crippen LogP contribution in [0, 0.1) is 5.92 Å². The van der Waals surface area contributed by atoms with Crippen molar-refractivity contribution >= 4 is 12.4 Å². The first-order chi connectivity index (χ1) is 6.33. The average molecular weight is 214 g/mol. The van der Waals surface area contributed by atoms with Gasteiger partial charge in [0.2, 0.25) is 0 Å². The van der Waals surface area contributed by atoms with Crippen LogP contribution in [0.25, 0.3) is 0 Å². The van der Waals surface area contributed by atoms with Crippen molar-refractivity contribution in [2.75, 3.05) is 7.11 Å². The largest absolute Gasteiger partial charge is 0.496 e. The van der Waals surface area contributed by atoms with Gasteiger partial charge >= 0.3 is 0 Å². The minimum absolute atomic E-state index is 0. The van der Waals surface area contributed by atoms with Crippen LogP contribution in [0.4, 0.5) is 0 Å². The molecule has 0 aromatic heterocycles. The number of hydrogen-bond donors (Lipinski definition) is 1. The molecule has 1 aromatic carbocycles. The first-order valence-electron chi connectivity index (χ1n) is 4.71. The highest BCUT2D eigenvalue weighted by atomic mass is 35.5. The summed E-state index contributed by atoms with van der Waals surface area (Å²) in [6, 6.07) is 8.18. The van der Waals surface area contributed by atoms with Crippen LogP contribution >= 0.6 is 12.4 Å². The molecule has 1 aromatic rings. The van der Waals surface area contributed by atoms with Crippen molar-refractivity contribution in [1.29, 1.82) is 0 Å². The Balaban J connectivity index is 0.000000980. The zero-order valence-electron chi connectivity index (χ0n) is 8.27. The maximum atomic E-state index is 6.10. The molecule has 0 saturated heterocycles. The van der Waals surface area contributed by atoms with Gasteiger partial charge in [-0.05, 0) is 24.8 Å². The van der Waals surface area contributed by atoms with Crippen LogP contribution in [0.3, 0.4) is 0 Å². The summed E-state index contributed by atoms with van der Waals surface area (Å²) in [4.78, 5) is 0. The van der Waals surface area contributed by atoms with Gasteiger partial charge in [-0.15, -0.1) is 12.4 Å². The Kier molecular flexibility index (Phi) is 3.78. The van der Waals surface area contributed by atoms with Crippen LogP contribution in [0.1, 0.15) is 24.4 Å². The molecule has 1 saturated carbocycles. The van der Waals surface area contributed by atoms with E-state index in [0.29, 0.717) is 5.92 Å². The highest BCUT2D eigenvalue weighted by Gasteiger charge is 2.30. The molecular weight excluding hydrogens is 198 g/mol. The molecule has 3 heteroatoms. The molecule has 78 valence electrons. The number of rotatable bonds is 3. The van der Waals surface area contributed by atoms with Gasteiger partial charge in [0.1, 0.15) is 5.75 Å². The Bertz CT molecular complexity index is 299. The van der Waals surface area contributed by atoms with Crippen LogP contribution in [-0.4, -0.2) is 7.11 Å². The molecule has 2 rings (SSSR count). The summed E-state index contributed by atoms with van der Waals surface area (Å²) in [6.45, 7) is 0. The number of halogens is 1. The van der Waals surface area contributed by atoms with E-state index in [1.807, 2.05) is 18.2 Å². The van der Waals surface area contributed by atoms with Crippen LogP contribution in [-0.2, 0) is 0 Å². The van der Waals surface area contributed by atoms with E-state index >= 15 is 0 Å². The zero-order valence-corrected chi connectivity index (χ0v) is 9.09. The van der Waals surface area contributed by atoms with Crippen LogP contribution in [0.5, 0.6) is 5.75 Å². The van der Waals surface area contributed by atoms with E-state index in [-0.39, 0.29) is 18.4 Å². The topological polar surface area (TPSA) is 35.2 Å². The van der Waals surface area contributed by atoms with E-state index in [1.54, 1.807) is 7.11 Å². The van der Waals surface area contributed by atoms with Gasteiger partial charge in [-0.2, -0.15) is 0 Å². The van der Waals surface area contributed by atoms with Crippen molar-refractivity contribution in [3.05, 3.63) is 29.8 Å². The molecule has 0 radical (unpaired) electrons. The fourth-order valence-electron chi connectivity index (χ4n) is 1.65. The molecular formula is C11H16ClNO. The Morgan fingerprint density at radius 1 is 1.36 bits per heavy atom. The van der Waals surface area contributed by atoms with Gasteiger partial charge in [-0.1, -0.05) is 18.2 Å². The van der Waals surface area contributed by atoms with Gasteiger partial charge in [0, 0.05) is 11.6 Å². The minimum Gasteiger partial charge on any atom is -0.496 e. The van der Waals surface area contributed by atoms with E-state index < -0.39 is 0 Å². The van der Waals surface area contributed by atoms with E-state index in [1.165, 1.54) is 12.8 Å². The van der Waals surface area contributed by atoms with Gasteiger partial charge in [0.15, 0.2) is 0 Å². The maximum absolute atomic E-state index is 6.10. The average Bonchev–Trinajstić information content (AvgIpc) is 3.00. The third kappa shape index (κ3) is 2.20. The predicted molar refractivity (Wildman–Crippen MR) is 59.9 cm³/mol. The number of hydrogen-bond acceptors (Lipinski definition) is 2. The molecule has 0 bridgehead atoms. The van der Waals surface area contributed by atoms with Crippen molar-refractivity contribution in [3.63, 3.8) is 0 Å². The van der Waals surface area contributed by atoms with Crippen molar-refractivity contribution in [2.45, 2.75) is 18.9 Å². The molecule has 1 atom stereocenters. The lowest BCUT2D eigenvalue weighted by molar-refractivity contribution is 0.403. The van der Waals surface area contributed by atoms with Gasteiger partial charge in [-0.3, -0.25) is 0 Å². The SMILES string of the molecule is COc1ccccc1C(N)C1CC1.Cl. The fourth-order valence-corrected chi connectivity index (χ4v) is 1.65. The standard InChI is InChI=1S/C11H15NO.ClH/c1-13-10-5-3-2-4-9(10)11(12)8-6-7-8;/h2-5,8,11H,6-7,12H2,1H3;1H. The number of methoxy groups -OCH3 is 1. The summed E-state index contributed by atoms with van der Waals surface area (Å²) in [6.07, 6.45) is 2.53. The third-order valence-corrected chi connectivity index (χ3v) is 2.63. The summed E-state index contributed by atoms with van der Waals surface area (Å²) >= 11 is 0. The fraction of sp³-hybridized carbons (Fsp3) is 0.455. The van der Waals surface area contributed by atoms with Crippen molar-refractivity contribution in [3.8, 4) is 5.75 Å². The number of para-hydroxylation sites is 1. The van der Waals surface area contributed by atoms with Gasteiger partial charge in [0.05, 0.1) is 7.11 Å². The molecule has 1 aliphatic rings. The van der Waals surface area contributed by atoms with Crippen LogP contribution in [0.15, 0.2) is 24.3 Å². The van der Waals surface area contributed by atoms with E-state index in [0.717, 1.165) is 11.3 Å². The lowest BCUT2D eigenvalue weighted by Crippen LogP contribution is -2.13. The normalized spacial score (nSPS) is 17.0. The Labute approximate surface area is 90.9 Å². The minimum atomic E-state index is 0. The lowest BCUT2D eigenvalue weighted by Gasteiger charge is -2.14. The predicted octanol–water partition coefficient (Wildman–Crippen LogP) is 2.53.